The lowest BCUT2D eigenvalue weighted by molar-refractivity contribution is 0.0697. The summed E-state index contributed by atoms with van der Waals surface area (Å²) in [6, 6.07) is 5.27. The van der Waals surface area contributed by atoms with Crippen molar-refractivity contribution >= 4 is 11.7 Å². The van der Waals surface area contributed by atoms with Crippen molar-refractivity contribution in [3.8, 4) is 0 Å². The minimum absolute atomic E-state index is 0.0644. The molecule has 1 N–H and O–H groups in total. The number of anilines is 1. The second-order valence-corrected chi connectivity index (χ2v) is 5.18. The normalized spacial score (nSPS) is 11.3. The average molecular weight is 221 g/mol. The Hall–Kier alpha value is -1.51. The van der Waals surface area contributed by atoms with Crippen molar-refractivity contribution in [2.24, 2.45) is 0 Å². The van der Waals surface area contributed by atoms with Crippen LogP contribution in [0.2, 0.25) is 0 Å². The molecule has 0 amide bonds. The molecule has 0 unspecified atom stereocenters. The maximum atomic E-state index is 10.9. The standard InChI is InChI=1S/C13H19NO2/c1-13(2,3)10-8-9(12(15)16)6-7-11(10)14(4)5/h6-8H,1-5H3,(H,15,16). The number of carboxylic acid groups (broad SMARTS) is 1. The number of benzene rings is 1. The van der Waals surface area contributed by atoms with E-state index in [4.69, 9.17) is 5.11 Å². The van der Waals surface area contributed by atoms with Crippen LogP contribution in [-0.2, 0) is 5.41 Å². The molecule has 3 nitrogen and oxygen atoms in total. The summed E-state index contributed by atoms with van der Waals surface area (Å²) in [5.41, 5.74) is 2.40. The molecule has 0 aliphatic carbocycles. The summed E-state index contributed by atoms with van der Waals surface area (Å²) >= 11 is 0. The second kappa shape index (κ2) is 4.16. The molecular formula is C13H19NO2. The summed E-state index contributed by atoms with van der Waals surface area (Å²) in [4.78, 5) is 13.0. The van der Waals surface area contributed by atoms with E-state index in [0.717, 1.165) is 11.3 Å². The highest BCUT2D eigenvalue weighted by atomic mass is 16.4. The minimum Gasteiger partial charge on any atom is -0.478 e. The summed E-state index contributed by atoms with van der Waals surface area (Å²) in [6.07, 6.45) is 0. The van der Waals surface area contributed by atoms with Crippen molar-refractivity contribution in [2.45, 2.75) is 26.2 Å². The second-order valence-electron chi connectivity index (χ2n) is 5.18. The third-order valence-corrected chi connectivity index (χ3v) is 2.53. The lowest BCUT2D eigenvalue weighted by Gasteiger charge is -2.27. The zero-order chi connectivity index (χ0) is 12.5. The van der Waals surface area contributed by atoms with Gasteiger partial charge in [0, 0.05) is 19.8 Å². The summed E-state index contributed by atoms with van der Waals surface area (Å²) in [7, 11) is 3.93. The van der Waals surface area contributed by atoms with Gasteiger partial charge in [0.25, 0.3) is 0 Å². The summed E-state index contributed by atoms with van der Waals surface area (Å²) in [5, 5.41) is 8.99. The lowest BCUT2D eigenvalue weighted by atomic mass is 9.84. The first-order chi connectivity index (χ1) is 7.23. The van der Waals surface area contributed by atoms with Crippen LogP contribution < -0.4 is 4.90 Å². The van der Waals surface area contributed by atoms with Gasteiger partial charge >= 0.3 is 5.97 Å². The molecule has 1 aromatic rings. The first-order valence-corrected chi connectivity index (χ1v) is 5.28. The molecule has 88 valence electrons. The number of hydrogen-bond donors (Lipinski definition) is 1. The van der Waals surface area contributed by atoms with Crippen LogP contribution in [0.15, 0.2) is 18.2 Å². The van der Waals surface area contributed by atoms with Crippen molar-refractivity contribution in [3.63, 3.8) is 0 Å². The van der Waals surface area contributed by atoms with Crippen molar-refractivity contribution in [1.82, 2.24) is 0 Å². The molecule has 0 aliphatic rings. The maximum absolute atomic E-state index is 10.9. The van der Waals surface area contributed by atoms with Gasteiger partial charge in [-0.1, -0.05) is 20.8 Å². The van der Waals surface area contributed by atoms with E-state index in [2.05, 4.69) is 20.8 Å². The molecular weight excluding hydrogens is 202 g/mol. The van der Waals surface area contributed by atoms with Gasteiger partial charge < -0.3 is 10.0 Å². The number of hydrogen-bond acceptors (Lipinski definition) is 2. The number of rotatable bonds is 2. The van der Waals surface area contributed by atoms with Crippen LogP contribution in [0, 0.1) is 0 Å². The number of nitrogens with zero attached hydrogens (tertiary/aromatic N) is 1. The van der Waals surface area contributed by atoms with Gasteiger partial charge in [-0.2, -0.15) is 0 Å². The van der Waals surface area contributed by atoms with E-state index in [1.54, 1.807) is 12.1 Å². The van der Waals surface area contributed by atoms with E-state index in [-0.39, 0.29) is 5.41 Å². The molecule has 0 spiro atoms. The third-order valence-electron chi connectivity index (χ3n) is 2.53. The maximum Gasteiger partial charge on any atom is 0.335 e. The van der Waals surface area contributed by atoms with Crippen LogP contribution in [0.5, 0.6) is 0 Å². The molecule has 0 aliphatic heterocycles. The van der Waals surface area contributed by atoms with Gasteiger partial charge in [0.2, 0.25) is 0 Å². The van der Waals surface area contributed by atoms with Gasteiger partial charge in [-0.25, -0.2) is 4.79 Å². The topological polar surface area (TPSA) is 40.5 Å². The van der Waals surface area contributed by atoms with E-state index in [9.17, 15) is 4.79 Å². The summed E-state index contributed by atoms with van der Waals surface area (Å²) in [6.45, 7) is 6.25. The van der Waals surface area contributed by atoms with Crippen LogP contribution in [0.1, 0.15) is 36.7 Å². The van der Waals surface area contributed by atoms with Crippen molar-refractivity contribution < 1.29 is 9.90 Å². The van der Waals surface area contributed by atoms with Gasteiger partial charge in [-0.15, -0.1) is 0 Å². The van der Waals surface area contributed by atoms with Gasteiger partial charge in [0.05, 0.1) is 5.56 Å². The van der Waals surface area contributed by atoms with Crippen molar-refractivity contribution in [3.05, 3.63) is 29.3 Å². The fourth-order valence-electron chi connectivity index (χ4n) is 1.66. The van der Waals surface area contributed by atoms with Crippen LogP contribution in [0.25, 0.3) is 0 Å². The number of carbonyl (C=O) groups is 1. The fraction of sp³-hybridized carbons (Fsp3) is 0.462. The fourth-order valence-corrected chi connectivity index (χ4v) is 1.66. The van der Waals surface area contributed by atoms with Gasteiger partial charge in [-0.3, -0.25) is 0 Å². The molecule has 0 radical (unpaired) electrons. The number of carboxylic acids is 1. The highest BCUT2D eigenvalue weighted by Gasteiger charge is 2.20. The molecule has 0 fully saturated rings. The molecule has 0 heterocycles. The molecule has 0 saturated carbocycles. The Morgan fingerprint density at radius 2 is 1.81 bits per heavy atom. The Bertz CT molecular complexity index is 403. The summed E-state index contributed by atoms with van der Waals surface area (Å²) < 4.78 is 0. The molecule has 1 rings (SSSR count). The Kier molecular flexibility index (Phi) is 3.27. The Labute approximate surface area is 96.7 Å². The minimum atomic E-state index is -0.879. The molecule has 0 bridgehead atoms. The molecule has 0 saturated heterocycles. The van der Waals surface area contributed by atoms with Crippen LogP contribution in [0.3, 0.4) is 0 Å². The smallest absolute Gasteiger partial charge is 0.335 e. The Morgan fingerprint density at radius 1 is 1.25 bits per heavy atom. The highest BCUT2D eigenvalue weighted by molar-refractivity contribution is 5.88. The molecule has 0 aromatic heterocycles. The first kappa shape index (κ1) is 12.6. The van der Waals surface area contributed by atoms with E-state index in [0.29, 0.717) is 5.56 Å². The predicted octanol–water partition coefficient (Wildman–Crippen LogP) is 2.75. The average Bonchev–Trinajstić information content (AvgIpc) is 2.15. The first-order valence-electron chi connectivity index (χ1n) is 5.28. The SMILES string of the molecule is CN(C)c1ccc(C(=O)O)cc1C(C)(C)C. The van der Waals surface area contributed by atoms with Crippen LogP contribution in [0.4, 0.5) is 5.69 Å². The van der Waals surface area contributed by atoms with E-state index >= 15 is 0 Å². The predicted molar refractivity (Wildman–Crippen MR) is 66.4 cm³/mol. The monoisotopic (exact) mass is 221 g/mol. The summed E-state index contributed by atoms with van der Waals surface area (Å²) in [5.74, 6) is -0.879. The Morgan fingerprint density at radius 3 is 2.19 bits per heavy atom. The highest BCUT2D eigenvalue weighted by Crippen LogP contribution is 2.31. The molecule has 0 atom stereocenters. The molecule has 1 aromatic carbocycles. The van der Waals surface area contributed by atoms with E-state index in [1.807, 2.05) is 25.1 Å². The van der Waals surface area contributed by atoms with E-state index < -0.39 is 5.97 Å². The molecule has 16 heavy (non-hydrogen) atoms. The zero-order valence-corrected chi connectivity index (χ0v) is 10.5. The van der Waals surface area contributed by atoms with Crippen LogP contribution in [-0.4, -0.2) is 25.2 Å². The Balaban J connectivity index is 3.39. The molecule has 3 heteroatoms. The van der Waals surface area contributed by atoms with E-state index in [1.165, 1.54) is 0 Å². The lowest BCUT2D eigenvalue weighted by Crippen LogP contribution is -2.20. The largest absolute Gasteiger partial charge is 0.478 e. The quantitative estimate of drug-likeness (QED) is 0.834. The van der Waals surface area contributed by atoms with Gasteiger partial charge in [-0.05, 0) is 29.2 Å². The zero-order valence-electron chi connectivity index (χ0n) is 10.5. The number of aromatic carboxylic acids is 1. The van der Waals surface area contributed by atoms with Gasteiger partial charge in [0.15, 0.2) is 0 Å². The van der Waals surface area contributed by atoms with Crippen molar-refractivity contribution in [2.75, 3.05) is 19.0 Å². The van der Waals surface area contributed by atoms with Gasteiger partial charge in [0.1, 0.15) is 0 Å². The van der Waals surface area contributed by atoms with Crippen molar-refractivity contribution in [1.29, 1.82) is 0 Å². The van der Waals surface area contributed by atoms with Crippen LogP contribution >= 0.6 is 0 Å². The third kappa shape index (κ3) is 2.54.